The third kappa shape index (κ3) is 2.68. The number of benzene rings is 1. The second-order valence-corrected chi connectivity index (χ2v) is 4.05. The summed E-state index contributed by atoms with van der Waals surface area (Å²) < 4.78 is 7.32. The normalized spacial score (nSPS) is 10.6. The van der Waals surface area contributed by atoms with Crippen molar-refractivity contribution >= 4 is 0 Å². The van der Waals surface area contributed by atoms with E-state index in [0.717, 1.165) is 17.9 Å². The van der Waals surface area contributed by atoms with E-state index in [0.29, 0.717) is 12.3 Å². The molecule has 0 saturated heterocycles. The summed E-state index contributed by atoms with van der Waals surface area (Å²) in [6.45, 7) is 2.34. The highest BCUT2D eigenvalue weighted by atomic mass is 16.5. The van der Waals surface area contributed by atoms with Crippen molar-refractivity contribution in [3.05, 3.63) is 41.2 Å². The predicted molar refractivity (Wildman–Crippen MR) is 67.1 cm³/mol. The molecule has 96 valence electrons. The van der Waals surface area contributed by atoms with E-state index in [1.807, 2.05) is 18.2 Å². The van der Waals surface area contributed by atoms with Gasteiger partial charge in [0.05, 0.1) is 6.61 Å². The maximum Gasteiger partial charge on any atom is 0.132 e. The van der Waals surface area contributed by atoms with Crippen molar-refractivity contribution in [2.24, 2.45) is 7.05 Å². The molecule has 0 radical (unpaired) electrons. The quantitative estimate of drug-likeness (QED) is 0.868. The van der Waals surface area contributed by atoms with Crippen LogP contribution in [0.15, 0.2) is 24.3 Å². The lowest BCUT2D eigenvalue weighted by atomic mass is 10.2. The van der Waals surface area contributed by atoms with Crippen LogP contribution in [0.4, 0.5) is 0 Å². The van der Waals surface area contributed by atoms with Gasteiger partial charge in [-0.1, -0.05) is 24.3 Å². The summed E-state index contributed by atoms with van der Waals surface area (Å²) in [6.07, 6.45) is 0.979. The van der Waals surface area contributed by atoms with E-state index in [1.54, 1.807) is 11.7 Å². The number of hydrogen-bond donors (Lipinski definition) is 1. The summed E-state index contributed by atoms with van der Waals surface area (Å²) in [5.74, 6) is 0.819. The number of nitrogens with zero attached hydrogens (tertiary/aromatic N) is 3. The monoisotopic (exact) mass is 247 g/mol. The first-order chi connectivity index (χ1) is 8.74. The molecule has 0 atom stereocenters. The molecule has 18 heavy (non-hydrogen) atoms. The van der Waals surface area contributed by atoms with E-state index in [4.69, 9.17) is 9.84 Å². The number of aliphatic hydroxyl groups is 1. The maximum atomic E-state index is 9.14. The lowest BCUT2D eigenvalue weighted by Gasteiger charge is -2.08. The predicted octanol–water partition coefficient (Wildman–Crippen LogP) is 1.45. The van der Waals surface area contributed by atoms with Crippen molar-refractivity contribution in [2.75, 3.05) is 0 Å². The summed E-state index contributed by atoms with van der Waals surface area (Å²) in [5.41, 5.74) is 2.58. The minimum atomic E-state index is -0.123. The van der Waals surface area contributed by atoms with Crippen molar-refractivity contribution in [1.29, 1.82) is 0 Å². The molecule has 5 heteroatoms. The van der Waals surface area contributed by atoms with Crippen LogP contribution in [-0.4, -0.2) is 20.1 Å². The molecule has 0 spiro atoms. The van der Waals surface area contributed by atoms with Gasteiger partial charge in [0.15, 0.2) is 0 Å². The van der Waals surface area contributed by atoms with Crippen molar-refractivity contribution in [2.45, 2.75) is 26.6 Å². The molecular formula is C13H17N3O2. The Morgan fingerprint density at radius 2 is 2.22 bits per heavy atom. The summed E-state index contributed by atoms with van der Waals surface area (Å²) in [4.78, 5) is 0. The van der Waals surface area contributed by atoms with E-state index in [9.17, 15) is 0 Å². The third-order valence-corrected chi connectivity index (χ3v) is 2.86. The fraction of sp³-hybridized carbons (Fsp3) is 0.385. The number of aliphatic hydroxyl groups excluding tert-OH is 1. The average molecular weight is 247 g/mol. The Balaban J connectivity index is 2.08. The highest BCUT2D eigenvalue weighted by Crippen LogP contribution is 2.16. The Kier molecular flexibility index (Phi) is 3.94. The SMILES string of the molecule is CCc1cccc(OCc2c(CO)nnn2C)c1. The van der Waals surface area contributed by atoms with Gasteiger partial charge in [-0.25, -0.2) is 4.68 Å². The molecule has 2 aromatic rings. The second-order valence-electron chi connectivity index (χ2n) is 4.05. The van der Waals surface area contributed by atoms with Gasteiger partial charge in [0.1, 0.15) is 23.7 Å². The minimum absolute atomic E-state index is 0.123. The summed E-state index contributed by atoms with van der Waals surface area (Å²) in [6, 6.07) is 7.98. The van der Waals surface area contributed by atoms with Crippen LogP contribution in [0.3, 0.4) is 0 Å². The Hall–Kier alpha value is -1.88. The van der Waals surface area contributed by atoms with Crippen LogP contribution >= 0.6 is 0 Å². The van der Waals surface area contributed by atoms with Crippen LogP contribution in [0, 0.1) is 0 Å². The Bertz CT molecular complexity index is 523. The Morgan fingerprint density at radius 1 is 1.39 bits per heavy atom. The molecule has 1 aromatic heterocycles. The highest BCUT2D eigenvalue weighted by Gasteiger charge is 2.10. The van der Waals surface area contributed by atoms with Gasteiger partial charge < -0.3 is 9.84 Å². The van der Waals surface area contributed by atoms with Crippen LogP contribution in [0.5, 0.6) is 5.75 Å². The van der Waals surface area contributed by atoms with Gasteiger partial charge in [0, 0.05) is 7.05 Å². The first-order valence-electron chi connectivity index (χ1n) is 5.94. The minimum Gasteiger partial charge on any atom is -0.487 e. The van der Waals surface area contributed by atoms with Crippen LogP contribution in [-0.2, 0) is 26.7 Å². The van der Waals surface area contributed by atoms with E-state index in [-0.39, 0.29) is 6.61 Å². The van der Waals surface area contributed by atoms with Gasteiger partial charge in [0.2, 0.25) is 0 Å². The third-order valence-electron chi connectivity index (χ3n) is 2.86. The standard InChI is InChI=1S/C13H17N3O2/c1-3-10-5-4-6-11(7-10)18-9-13-12(8-17)14-15-16(13)2/h4-7,17H,3,8-9H2,1-2H3. The van der Waals surface area contributed by atoms with Gasteiger partial charge in [-0.05, 0) is 24.1 Å². The molecule has 0 fully saturated rings. The van der Waals surface area contributed by atoms with E-state index >= 15 is 0 Å². The number of aromatic nitrogens is 3. The fourth-order valence-corrected chi connectivity index (χ4v) is 1.73. The van der Waals surface area contributed by atoms with Gasteiger partial charge in [-0.2, -0.15) is 0 Å². The van der Waals surface area contributed by atoms with Crippen LogP contribution in [0.1, 0.15) is 23.9 Å². The molecule has 2 rings (SSSR count). The van der Waals surface area contributed by atoms with E-state index < -0.39 is 0 Å². The van der Waals surface area contributed by atoms with Crippen LogP contribution in [0.2, 0.25) is 0 Å². The number of hydrogen-bond acceptors (Lipinski definition) is 4. The highest BCUT2D eigenvalue weighted by molar-refractivity contribution is 5.28. The van der Waals surface area contributed by atoms with Gasteiger partial charge in [-0.15, -0.1) is 5.10 Å². The zero-order valence-corrected chi connectivity index (χ0v) is 10.6. The zero-order valence-electron chi connectivity index (χ0n) is 10.6. The van der Waals surface area contributed by atoms with Gasteiger partial charge in [0.25, 0.3) is 0 Å². The van der Waals surface area contributed by atoms with Crippen molar-refractivity contribution in [3.8, 4) is 5.75 Å². The molecule has 0 unspecified atom stereocenters. The van der Waals surface area contributed by atoms with E-state index in [2.05, 4.69) is 23.3 Å². The summed E-state index contributed by atoms with van der Waals surface area (Å²) in [7, 11) is 1.79. The molecule has 0 aliphatic heterocycles. The molecular weight excluding hydrogens is 230 g/mol. The number of ether oxygens (including phenoxy) is 1. The zero-order chi connectivity index (χ0) is 13.0. The van der Waals surface area contributed by atoms with Crippen molar-refractivity contribution < 1.29 is 9.84 Å². The molecule has 1 heterocycles. The lowest BCUT2D eigenvalue weighted by molar-refractivity contribution is 0.262. The average Bonchev–Trinajstić information content (AvgIpc) is 2.77. The lowest BCUT2D eigenvalue weighted by Crippen LogP contribution is -2.05. The van der Waals surface area contributed by atoms with Crippen LogP contribution < -0.4 is 4.74 Å². The Morgan fingerprint density at radius 3 is 2.94 bits per heavy atom. The molecule has 0 aliphatic carbocycles. The van der Waals surface area contributed by atoms with Crippen LogP contribution in [0.25, 0.3) is 0 Å². The fourth-order valence-electron chi connectivity index (χ4n) is 1.73. The van der Waals surface area contributed by atoms with Gasteiger partial charge >= 0.3 is 0 Å². The summed E-state index contributed by atoms with van der Waals surface area (Å²) in [5, 5.41) is 16.9. The topological polar surface area (TPSA) is 60.2 Å². The largest absolute Gasteiger partial charge is 0.487 e. The number of aryl methyl sites for hydroxylation is 2. The molecule has 1 aromatic carbocycles. The molecule has 0 bridgehead atoms. The molecule has 0 amide bonds. The van der Waals surface area contributed by atoms with E-state index in [1.165, 1.54) is 5.56 Å². The molecule has 5 nitrogen and oxygen atoms in total. The smallest absolute Gasteiger partial charge is 0.132 e. The molecule has 0 aliphatic rings. The summed E-state index contributed by atoms with van der Waals surface area (Å²) >= 11 is 0. The number of rotatable bonds is 5. The first-order valence-corrected chi connectivity index (χ1v) is 5.94. The first kappa shape index (κ1) is 12.6. The molecule has 0 saturated carbocycles. The Labute approximate surface area is 106 Å². The van der Waals surface area contributed by atoms with Crippen molar-refractivity contribution in [3.63, 3.8) is 0 Å². The second kappa shape index (κ2) is 5.64. The maximum absolute atomic E-state index is 9.14. The van der Waals surface area contributed by atoms with Crippen molar-refractivity contribution in [1.82, 2.24) is 15.0 Å². The molecule has 1 N–H and O–H groups in total. The van der Waals surface area contributed by atoms with Gasteiger partial charge in [-0.3, -0.25) is 0 Å².